The Morgan fingerprint density at radius 3 is 2.50 bits per heavy atom. The lowest BCUT2D eigenvalue weighted by molar-refractivity contribution is 0.291. The molecule has 0 aliphatic carbocycles. The minimum absolute atomic E-state index is 0.245. The van der Waals surface area contributed by atoms with Crippen molar-refractivity contribution < 1.29 is 4.39 Å². The molecule has 3 nitrogen and oxygen atoms in total. The van der Waals surface area contributed by atoms with Crippen LogP contribution in [0.25, 0.3) is 22.0 Å². The van der Waals surface area contributed by atoms with Gasteiger partial charge in [0, 0.05) is 52.4 Å². The molecule has 0 saturated heterocycles. The molecule has 0 unspecified atom stereocenters. The molecule has 1 aromatic heterocycles. The van der Waals surface area contributed by atoms with Crippen LogP contribution in [0.15, 0.2) is 42.5 Å². The molecule has 0 fully saturated rings. The molecular weight excluding hydrogens is 349 g/mol. The summed E-state index contributed by atoms with van der Waals surface area (Å²) in [6, 6.07) is 12.6. The molecule has 0 saturated carbocycles. The van der Waals surface area contributed by atoms with Gasteiger partial charge in [-0.15, -0.1) is 0 Å². The zero-order valence-corrected chi connectivity index (χ0v) is 16.1. The molecule has 1 heterocycles. The van der Waals surface area contributed by atoms with Crippen LogP contribution < -0.4 is 5.73 Å². The van der Waals surface area contributed by atoms with Crippen molar-refractivity contribution in [3.8, 4) is 11.1 Å². The molecule has 26 heavy (non-hydrogen) atoms. The number of likely N-dealkylation sites (N-methyl/N-ethyl adjacent to an activating group) is 1. The first kappa shape index (κ1) is 18.9. The molecule has 0 bridgehead atoms. The standard InChI is InChI=1S/C21H25ClFN3/c1-3-25(4-2)11-12-26-19-10-9-15(22)13-17(19)21(20(26)14-24)16-7-5-6-8-18(16)23/h5-10,13H,3-4,11-12,14,24H2,1-2H3. The molecule has 138 valence electrons. The van der Waals surface area contributed by atoms with Gasteiger partial charge in [-0.2, -0.15) is 0 Å². The van der Waals surface area contributed by atoms with E-state index in [1.807, 2.05) is 24.3 Å². The summed E-state index contributed by atoms with van der Waals surface area (Å²) in [7, 11) is 0. The molecule has 0 atom stereocenters. The van der Waals surface area contributed by atoms with Crippen LogP contribution >= 0.6 is 11.6 Å². The minimum atomic E-state index is -0.245. The number of hydrogen-bond acceptors (Lipinski definition) is 2. The Balaban J connectivity index is 2.20. The lowest BCUT2D eigenvalue weighted by Gasteiger charge is -2.20. The van der Waals surface area contributed by atoms with Gasteiger partial charge in [0.25, 0.3) is 0 Å². The van der Waals surface area contributed by atoms with Crippen molar-refractivity contribution in [1.82, 2.24) is 9.47 Å². The fourth-order valence-corrected chi connectivity index (χ4v) is 3.77. The van der Waals surface area contributed by atoms with Gasteiger partial charge in [0.2, 0.25) is 0 Å². The molecule has 3 aromatic rings. The largest absolute Gasteiger partial charge is 0.341 e. The van der Waals surface area contributed by atoms with Crippen LogP contribution in [0, 0.1) is 5.82 Å². The van der Waals surface area contributed by atoms with Gasteiger partial charge >= 0.3 is 0 Å². The highest BCUT2D eigenvalue weighted by atomic mass is 35.5. The van der Waals surface area contributed by atoms with E-state index in [1.165, 1.54) is 6.07 Å². The number of nitrogens with zero attached hydrogens (tertiary/aromatic N) is 2. The van der Waals surface area contributed by atoms with Gasteiger partial charge in [0.05, 0.1) is 0 Å². The smallest absolute Gasteiger partial charge is 0.131 e. The Hall–Kier alpha value is -1.88. The zero-order chi connectivity index (χ0) is 18.7. The molecule has 0 aliphatic rings. The molecule has 3 rings (SSSR count). The third kappa shape index (κ3) is 3.50. The normalized spacial score (nSPS) is 11.6. The summed E-state index contributed by atoms with van der Waals surface area (Å²) in [4.78, 5) is 2.37. The van der Waals surface area contributed by atoms with Gasteiger partial charge in [-0.25, -0.2) is 4.39 Å². The summed E-state index contributed by atoms with van der Waals surface area (Å²) in [5.74, 6) is -0.245. The number of hydrogen-bond donors (Lipinski definition) is 1. The van der Waals surface area contributed by atoms with E-state index in [-0.39, 0.29) is 5.82 Å². The lowest BCUT2D eigenvalue weighted by Crippen LogP contribution is -2.27. The quantitative estimate of drug-likeness (QED) is 0.639. The third-order valence-electron chi connectivity index (χ3n) is 5.00. The van der Waals surface area contributed by atoms with Crippen molar-refractivity contribution in [2.45, 2.75) is 26.9 Å². The fourth-order valence-electron chi connectivity index (χ4n) is 3.59. The van der Waals surface area contributed by atoms with Crippen molar-refractivity contribution in [1.29, 1.82) is 0 Å². The second kappa shape index (κ2) is 8.21. The third-order valence-corrected chi connectivity index (χ3v) is 5.24. The summed E-state index contributed by atoms with van der Waals surface area (Å²) in [5, 5.41) is 1.59. The number of benzene rings is 2. The Morgan fingerprint density at radius 1 is 1.12 bits per heavy atom. The van der Waals surface area contributed by atoms with Gasteiger partial charge in [-0.1, -0.05) is 43.6 Å². The maximum atomic E-state index is 14.6. The van der Waals surface area contributed by atoms with Gasteiger partial charge in [-0.05, 0) is 37.4 Å². The van der Waals surface area contributed by atoms with Gasteiger partial charge < -0.3 is 15.2 Å². The molecule has 0 radical (unpaired) electrons. The van der Waals surface area contributed by atoms with E-state index < -0.39 is 0 Å². The van der Waals surface area contributed by atoms with Crippen LogP contribution in [0.3, 0.4) is 0 Å². The monoisotopic (exact) mass is 373 g/mol. The summed E-state index contributed by atoms with van der Waals surface area (Å²) >= 11 is 6.25. The Kier molecular flexibility index (Phi) is 5.97. The highest BCUT2D eigenvalue weighted by Gasteiger charge is 2.20. The van der Waals surface area contributed by atoms with E-state index in [2.05, 4.69) is 23.3 Å². The van der Waals surface area contributed by atoms with Gasteiger partial charge in [0.1, 0.15) is 5.82 Å². The molecular formula is C21H25ClFN3. The highest BCUT2D eigenvalue weighted by molar-refractivity contribution is 6.31. The lowest BCUT2D eigenvalue weighted by atomic mass is 10.0. The molecule has 0 amide bonds. The number of aromatic nitrogens is 1. The first-order valence-electron chi connectivity index (χ1n) is 9.08. The minimum Gasteiger partial charge on any atom is -0.341 e. The predicted molar refractivity (Wildman–Crippen MR) is 108 cm³/mol. The zero-order valence-electron chi connectivity index (χ0n) is 15.3. The van der Waals surface area contributed by atoms with Crippen molar-refractivity contribution in [3.05, 3.63) is 59.0 Å². The molecule has 5 heteroatoms. The predicted octanol–water partition coefficient (Wildman–Crippen LogP) is 4.90. The average molecular weight is 374 g/mol. The van der Waals surface area contributed by atoms with Crippen molar-refractivity contribution in [2.75, 3.05) is 19.6 Å². The van der Waals surface area contributed by atoms with Crippen molar-refractivity contribution in [3.63, 3.8) is 0 Å². The van der Waals surface area contributed by atoms with Crippen LogP contribution in [0.1, 0.15) is 19.5 Å². The average Bonchev–Trinajstić information content (AvgIpc) is 2.95. The number of fused-ring (bicyclic) bond motifs is 1. The van der Waals surface area contributed by atoms with Crippen molar-refractivity contribution >= 4 is 22.5 Å². The summed E-state index contributed by atoms with van der Waals surface area (Å²) < 4.78 is 16.8. The van der Waals surface area contributed by atoms with E-state index in [9.17, 15) is 4.39 Å². The number of halogens is 2. The van der Waals surface area contributed by atoms with E-state index in [0.717, 1.165) is 48.3 Å². The maximum Gasteiger partial charge on any atom is 0.131 e. The van der Waals surface area contributed by atoms with E-state index >= 15 is 0 Å². The molecule has 0 spiro atoms. The van der Waals surface area contributed by atoms with Crippen LogP contribution in [0.5, 0.6) is 0 Å². The van der Waals surface area contributed by atoms with Crippen LogP contribution in [-0.2, 0) is 13.1 Å². The van der Waals surface area contributed by atoms with Crippen LogP contribution in [0.2, 0.25) is 5.02 Å². The topological polar surface area (TPSA) is 34.2 Å². The van der Waals surface area contributed by atoms with E-state index in [4.69, 9.17) is 17.3 Å². The molecule has 2 aromatic carbocycles. The fraction of sp³-hybridized carbons (Fsp3) is 0.333. The first-order valence-corrected chi connectivity index (χ1v) is 9.46. The maximum absolute atomic E-state index is 14.6. The van der Waals surface area contributed by atoms with E-state index in [0.29, 0.717) is 17.1 Å². The highest BCUT2D eigenvalue weighted by Crippen LogP contribution is 2.37. The number of rotatable bonds is 7. The SMILES string of the molecule is CCN(CC)CCn1c(CN)c(-c2ccccc2F)c2cc(Cl)ccc21. The Bertz CT molecular complexity index is 900. The Labute approximate surface area is 159 Å². The van der Waals surface area contributed by atoms with Crippen LogP contribution in [-0.4, -0.2) is 29.1 Å². The van der Waals surface area contributed by atoms with E-state index in [1.54, 1.807) is 12.1 Å². The molecule has 0 aliphatic heterocycles. The molecule has 2 N–H and O–H groups in total. The summed E-state index contributed by atoms with van der Waals surface area (Å²) in [5.41, 5.74) is 9.53. The van der Waals surface area contributed by atoms with Crippen LogP contribution in [0.4, 0.5) is 4.39 Å². The Morgan fingerprint density at radius 2 is 1.85 bits per heavy atom. The summed E-state index contributed by atoms with van der Waals surface area (Å²) in [6.07, 6.45) is 0. The number of nitrogens with two attached hydrogens (primary N) is 1. The first-order chi connectivity index (χ1) is 12.6. The van der Waals surface area contributed by atoms with Gasteiger partial charge in [-0.3, -0.25) is 0 Å². The summed E-state index contributed by atoms with van der Waals surface area (Å²) in [6.45, 7) is 8.38. The van der Waals surface area contributed by atoms with Crippen molar-refractivity contribution in [2.24, 2.45) is 5.73 Å². The second-order valence-electron chi connectivity index (χ2n) is 6.35. The van der Waals surface area contributed by atoms with Gasteiger partial charge in [0.15, 0.2) is 0 Å². The second-order valence-corrected chi connectivity index (χ2v) is 6.78.